The van der Waals surface area contributed by atoms with Gasteiger partial charge in [0, 0.05) is 12.2 Å². The first-order valence-electron chi connectivity index (χ1n) is 10.8. The van der Waals surface area contributed by atoms with Crippen molar-refractivity contribution in [3.63, 3.8) is 0 Å². The molecule has 7 nitrogen and oxygen atoms in total. The monoisotopic (exact) mass is 424 g/mol. The molecule has 3 N–H and O–H groups in total. The molecule has 7 heteroatoms. The number of rotatable bonds is 9. The van der Waals surface area contributed by atoms with E-state index in [0.717, 1.165) is 25.2 Å². The minimum atomic E-state index is -0.888. The van der Waals surface area contributed by atoms with Gasteiger partial charge < -0.3 is 15.2 Å². The Labute approximate surface area is 184 Å². The highest BCUT2D eigenvalue weighted by molar-refractivity contribution is 5.99. The summed E-state index contributed by atoms with van der Waals surface area (Å²) in [5.74, 6) is -0.00232. The first-order chi connectivity index (χ1) is 15.0. The third-order valence-corrected chi connectivity index (χ3v) is 5.33. The van der Waals surface area contributed by atoms with E-state index in [1.54, 1.807) is 6.92 Å². The van der Waals surface area contributed by atoms with Crippen molar-refractivity contribution in [2.45, 2.75) is 32.7 Å². The summed E-state index contributed by atoms with van der Waals surface area (Å²) in [5, 5.41) is 8.17. The number of anilines is 1. The van der Waals surface area contributed by atoms with Gasteiger partial charge in [0.2, 0.25) is 0 Å². The fraction of sp³-hybridized carbons (Fsp3) is 0.417. The van der Waals surface area contributed by atoms with Gasteiger partial charge in [0.15, 0.2) is 12.0 Å². The molecule has 0 amide bonds. The minimum Gasteiger partial charge on any atom is -0.492 e. The predicted octanol–water partition coefficient (Wildman–Crippen LogP) is 3.47. The van der Waals surface area contributed by atoms with Crippen LogP contribution in [-0.4, -0.2) is 49.7 Å². The van der Waals surface area contributed by atoms with Gasteiger partial charge in [-0.05, 0) is 75.2 Å². The highest BCUT2D eigenvalue weighted by Crippen LogP contribution is 2.31. The second-order valence-electron chi connectivity index (χ2n) is 7.72. The smallest absolute Gasteiger partial charge is 0.333 e. The van der Waals surface area contributed by atoms with Gasteiger partial charge in [-0.2, -0.15) is 0 Å². The molecule has 31 heavy (non-hydrogen) atoms. The van der Waals surface area contributed by atoms with Crippen LogP contribution >= 0.6 is 0 Å². The molecule has 1 heterocycles. The lowest BCUT2D eigenvalue weighted by Gasteiger charge is -2.31. The summed E-state index contributed by atoms with van der Waals surface area (Å²) in [4.78, 5) is 16.9. The molecule has 0 aliphatic carbocycles. The molecular weight excluding hydrogens is 392 g/mol. The van der Waals surface area contributed by atoms with E-state index in [0.29, 0.717) is 23.6 Å². The van der Waals surface area contributed by atoms with Gasteiger partial charge in [-0.3, -0.25) is 15.2 Å². The van der Waals surface area contributed by atoms with Gasteiger partial charge in [0.1, 0.15) is 12.4 Å². The maximum absolute atomic E-state index is 13.0. The molecule has 1 fully saturated rings. The number of likely N-dealkylation sites (tertiary alicyclic amines) is 1. The van der Waals surface area contributed by atoms with E-state index in [2.05, 4.69) is 4.90 Å². The Morgan fingerprint density at radius 2 is 1.90 bits per heavy atom. The Hall–Kier alpha value is -3.06. The molecule has 0 radical (unpaired) electrons. The average Bonchev–Trinajstić information content (AvgIpc) is 3.25. The number of nitrogens with one attached hydrogen (secondary N) is 1. The summed E-state index contributed by atoms with van der Waals surface area (Å²) in [7, 11) is 0. The zero-order valence-corrected chi connectivity index (χ0v) is 18.3. The molecule has 1 unspecified atom stereocenters. The number of benzene rings is 2. The van der Waals surface area contributed by atoms with Gasteiger partial charge in [-0.15, -0.1) is 0 Å². The SMILES string of the molecule is CCOC(=O)C(c1cc(C)cc(OCCN2CCCC2)c1)N(C(=N)N)c1ccccc1. The summed E-state index contributed by atoms with van der Waals surface area (Å²) in [6.45, 7) is 7.67. The number of carbonyl (C=O) groups excluding carboxylic acids is 1. The summed E-state index contributed by atoms with van der Waals surface area (Å²) in [6, 6.07) is 14.0. The van der Waals surface area contributed by atoms with Crippen LogP contribution in [0.25, 0.3) is 0 Å². The predicted molar refractivity (Wildman–Crippen MR) is 123 cm³/mol. The third-order valence-electron chi connectivity index (χ3n) is 5.33. The highest BCUT2D eigenvalue weighted by Gasteiger charge is 2.32. The number of nitrogens with two attached hydrogens (primary N) is 1. The number of aryl methyl sites for hydroxylation is 1. The van der Waals surface area contributed by atoms with Crippen molar-refractivity contribution in [2.75, 3.05) is 37.7 Å². The number of carbonyl (C=O) groups is 1. The normalized spacial score (nSPS) is 14.8. The summed E-state index contributed by atoms with van der Waals surface area (Å²) in [5.41, 5.74) is 8.21. The fourth-order valence-corrected chi connectivity index (χ4v) is 3.94. The number of nitrogens with zero attached hydrogens (tertiary/aromatic N) is 2. The molecule has 0 spiro atoms. The van der Waals surface area contributed by atoms with Crippen LogP contribution in [0, 0.1) is 12.3 Å². The molecule has 0 saturated carbocycles. The summed E-state index contributed by atoms with van der Waals surface area (Å²) in [6.07, 6.45) is 2.49. The first kappa shape index (κ1) is 22.6. The molecule has 0 aromatic heterocycles. The fourth-order valence-electron chi connectivity index (χ4n) is 3.94. The Morgan fingerprint density at radius 1 is 1.19 bits per heavy atom. The van der Waals surface area contributed by atoms with Crippen molar-refractivity contribution in [3.05, 3.63) is 59.7 Å². The number of para-hydroxylation sites is 1. The van der Waals surface area contributed by atoms with Crippen LogP contribution in [0.2, 0.25) is 0 Å². The van der Waals surface area contributed by atoms with Crippen LogP contribution in [0.3, 0.4) is 0 Å². The Balaban J connectivity index is 1.89. The quantitative estimate of drug-likeness (QED) is 0.364. The second-order valence-corrected chi connectivity index (χ2v) is 7.72. The topological polar surface area (TPSA) is 91.9 Å². The molecule has 3 rings (SSSR count). The minimum absolute atomic E-state index is 0.234. The largest absolute Gasteiger partial charge is 0.492 e. The molecule has 1 saturated heterocycles. The van der Waals surface area contributed by atoms with Gasteiger partial charge in [-0.1, -0.05) is 24.3 Å². The van der Waals surface area contributed by atoms with E-state index < -0.39 is 12.0 Å². The molecule has 1 aliphatic rings. The van der Waals surface area contributed by atoms with Crippen molar-refractivity contribution >= 4 is 17.6 Å². The summed E-state index contributed by atoms with van der Waals surface area (Å²) < 4.78 is 11.4. The van der Waals surface area contributed by atoms with E-state index in [4.69, 9.17) is 20.6 Å². The van der Waals surface area contributed by atoms with Crippen molar-refractivity contribution in [2.24, 2.45) is 5.73 Å². The summed E-state index contributed by atoms with van der Waals surface area (Å²) >= 11 is 0. The molecule has 1 atom stereocenters. The van der Waals surface area contributed by atoms with Crippen molar-refractivity contribution < 1.29 is 14.3 Å². The van der Waals surface area contributed by atoms with Gasteiger partial charge in [-0.25, -0.2) is 4.79 Å². The lowest BCUT2D eigenvalue weighted by Crippen LogP contribution is -2.43. The van der Waals surface area contributed by atoms with E-state index >= 15 is 0 Å². The van der Waals surface area contributed by atoms with E-state index in [9.17, 15) is 4.79 Å². The van der Waals surface area contributed by atoms with E-state index in [1.165, 1.54) is 17.7 Å². The lowest BCUT2D eigenvalue weighted by atomic mass is 10.0. The zero-order chi connectivity index (χ0) is 22.2. The maximum atomic E-state index is 13.0. The van der Waals surface area contributed by atoms with Crippen LogP contribution in [0.1, 0.15) is 36.9 Å². The van der Waals surface area contributed by atoms with Crippen LogP contribution < -0.4 is 15.4 Å². The Bertz CT molecular complexity index is 882. The van der Waals surface area contributed by atoms with Gasteiger partial charge in [0.25, 0.3) is 0 Å². The standard InChI is InChI=1S/C24H32N4O3/c1-3-30-23(29)22(28(24(25)26)20-9-5-4-6-10-20)19-15-18(2)16-21(17-19)31-14-13-27-11-7-8-12-27/h4-6,9-10,15-17,22H,3,7-8,11-14H2,1-2H3,(H3,25,26). The maximum Gasteiger partial charge on any atom is 0.333 e. The highest BCUT2D eigenvalue weighted by atomic mass is 16.5. The van der Waals surface area contributed by atoms with Gasteiger partial charge >= 0.3 is 5.97 Å². The zero-order valence-electron chi connectivity index (χ0n) is 18.3. The molecular formula is C24H32N4O3. The first-order valence-corrected chi connectivity index (χ1v) is 10.8. The lowest BCUT2D eigenvalue weighted by molar-refractivity contribution is -0.144. The van der Waals surface area contributed by atoms with E-state index in [-0.39, 0.29) is 12.6 Å². The van der Waals surface area contributed by atoms with Crippen molar-refractivity contribution in [1.82, 2.24) is 4.90 Å². The van der Waals surface area contributed by atoms with Crippen LogP contribution in [0.15, 0.2) is 48.5 Å². The number of guanidine groups is 1. The number of hydrogen-bond acceptors (Lipinski definition) is 5. The van der Waals surface area contributed by atoms with Gasteiger partial charge in [0.05, 0.1) is 6.61 Å². The Kier molecular flexibility index (Phi) is 7.89. The van der Waals surface area contributed by atoms with E-state index in [1.807, 2.05) is 55.5 Å². The Morgan fingerprint density at radius 3 is 2.55 bits per heavy atom. The number of ether oxygens (including phenoxy) is 2. The average molecular weight is 425 g/mol. The van der Waals surface area contributed by atoms with Crippen molar-refractivity contribution in [1.29, 1.82) is 5.41 Å². The molecule has 2 aromatic carbocycles. The van der Waals surface area contributed by atoms with Crippen molar-refractivity contribution in [3.8, 4) is 5.75 Å². The second kappa shape index (κ2) is 10.8. The number of hydrogen-bond donors (Lipinski definition) is 2. The molecule has 166 valence electrons. The molecule has 1 aliphatic heterocycles. The van der Waals surface area contributed by atoms with Crippen LogP contribution in [-0.2, 0) is 9.53 Å². The third kappa shape index (κ3) is 5.98. The molecule has 2 aromatic rings. The van der Waals surface area contributed by atoms with Crippen LogP contribution in [0.4, 0.5) is 5.69 Å². The van der Waals surface area contributed by atoms with Crippen LogP contribution in [0.5, 0.6) is 5.75 Å². The number of esters is 1. The molecule has 0 bridgehead atoms.